The summed E-state index contributed by atoms with van der Waals surface area (Å²) in [5, 5.41) is 0.974. The number of carbonyl (C=O) groups is 1. The summed E-state index contributed by atoms with van der Waals surface area (Å²) in [5.74, 6) is 1.64. The van der Waals surface area contributed by atoms with E-state index in [0.717, 1.165) is 22.2 Å². The molecule has 1 saturated carbocycles. The molecular weight excluding hydrogens is 238 g/mol. The number of fused-ring (bicyclic) bond motifs is 1. The Bertz CT molecular complexity index is 594. The normalized spacial score (nSPS) is 16.1. The molecule has 0 unspecified atom stereocenters. The van der Waals surface area contributed by atoms with Crippen LogP contribution >= 0.6 is 0 Å². The summed E-state index contributed by atoms with van der Waals surface area (Å²) >= 11 is 0. The highest BCUT2D eigenvalue weighted by Gasteiger charge is 2.21. The van der Waals surface area contributed by atoms with Gasteiger partial charge in [0.1, 0.15) is 5.75 Å². The number of ether oxygens (including phenoxy) is 1. The summed E-state index contributed by atoms with van der Waals surface area (Å²) in [6.45, 7) is 0. The van der Waals surface area contributed by atoms with Crippen molar-refractivity contribution in [3.63, 3.8) is 0 Å². The van der Waals surface area contributed by atoms with Crippen LogP contribution < -0.4 is 4.74 Å². The van der Waals surface area contributed by atoms with Crippen LogP contribution in [0.25, 0.3) is 10.9 Å². The molecular formula is C16H19NO2. The maximum atomic E-state index is 12.4. The third-order valence-corrected chi connectivity index (χ3v) is 4.14. The van der Waals surface area contributed by atoms with Crippen molar-refractivity contribution in [2.75, 3.05) is 7.11 Å². The summed E-state index contributed by atoms with van der Waals surface area (Å²) < 4.78 is 5.23. The first kappa shape index (κ1) is 12.3. The lowest BCUT2D eigenvalue weighted by Gasteiger charge is -2.07. The standard InChI is InChI=1S/C16H19NO2/c1-19-12-6-7-15-13(9-12)14(10-17-15)16(18)8-11-4-2-3-5-11/h6-7,9-11,17H,2-5,8H2,1H3. The second-order valence-electron chi connectivity index (χ2n) is 5.39. The highest BCUT2D eigenvalue weighted by atomic mass is 16.5. The smallest absolute Gasteiger partial charge is 0.165 e. The summed E-state index contributed by atoms with van der Waals surface area (Å²) in [5.41, 5.74) is 1.80. The van der Waals surface area contributed by atoms with Gasteiger partial charge in [-0.05, 0) is 24.1 Å². The molecule has 0 saturated heterocycles. The monoisotopic (exact) mass is 257 g/mol. The molecule has 2 aromatic rings. The second-order valence-corrected chi connectivity index (χ2v) is 5.39. The van der Waals surface area contributed by atoms with Gasteiger partial charge in [0.15, 0.2) is 5.78 Å². The third-order valence-electron chi connectivity index (χ3n) is 4.14. The van der Waals surface area contributed by atoms with Crippen molar-refractivity contribution in [3.8, 4) is 5.75 Å². The number of aromatic nitrogens is 1. The summed E-state index contributed by atoms with van der Waals surface area (Å²) in [6.07, 6.45) is 7.49. The number of aromatic amines is 1. The van der Waals surface area contributed by atoms with Gasteiger partial charge in [-0.15, -0.1) is 0 Å². The fourth-order valence-corrected chi connectivity index (χ4v) is 3.04. The molecule has 1 aromatic heterocycles. The molecule has 3 nitrogen and oxygen atoms in total. The summed E-state index contributed by atoms with van der Waals surface area (Å²) in [6, 6.07) is 5.80. The lowest BCUT2D eigenvalue weighted by atomic mass is 9.97. The van der Waals surface area contributed by atoms with E-state index in [1.807, 2.05) is 24.4 Å². The molecule has 1 fully saturated rings. The number of carbonyl (C=O) groups excluding carboxylic acids is 1. The Morgan fingerprint density at radius 1 is 1.37 bits per heavy atom. The Labute approximate surface area is 113 Å². The SMILES string of the molecule is COc1ccc2[nH]cc(C(=O)CC3CCCC3)c2c1. The largest absolute Gasteiger partial charge is 0.497 e. The molecule has 3 rings (SSSR count). The number of H-pyrrole nitrogens is 1. The lowest BCUT2D eigenvalue weighted by Crippen LogP contribution is -2.05. The zero-order chi connectivity index (χ0) is 13.2. The molecule has 1 aliphatic rings. The molecule has 1 aromatic carbocycles. The third kappa shape index (κ3) is 2.37. The first-order valence-corrected chi connectivity index (χ1v) is 6.96. The van der Waals surface area contributed by atoms with E-state index in [1.165, 1.54) is 25.7 Å². The number of Topliss-reactive ketones (excluding diaryl/α,β-unsaturated/α-hetero) is 1. The van der Waals surface area contributed by atoms with Crippen molar-refractivity contribution in [3.05, 3.63) is 30.0 Å². The van der Waals surface area contributed by atoms with Crippen molar-refractivity contribution in [1.29, 1.82) is 0 Å². The van der Waals surface area contributed by atoms with Gasteiger partial charge in [-0.1, -0.05) is 25.7 Å². The molecule has 0 bridgehead atoms. The molecule has 3 heteroatoms. The zero-order valence-corrected chi connectivity index (χ0v) is 11.2. The van der Waals surface area contributed by atoms with Crippen LogP contribution in [0.5, 0.6) is 5.75 Å². The van der Waals surface area contributed by atoms with Crippen LogP contribution in [0.2, 0.25) is 0 Å². The predicted molar refractivity (Wildman–Crippen MR) is 75.8 cm³/mol. The van der Waals surface area contributed by atoms with Gasteiger partial charge in [0.25, 0.3) is 0 Å². The number of benzene rings is 1. The van der Waals surface area contributed by atoms with E-state index >= 15 is 0 Å². The van der Waals surface area contributed by atoms with Gasteiger partial charge in [-0.3, -0.25) is 4.79 Å². The average Bonchev–Trinajstić information content (AvgIpc) is 3.06. The van der Waals surface area contributed by atoms with Crippen LogP contribution in [0.3, 0.4) is 0 Å². The quantitative estimate of drug-likeness (QED) is 0.843. The molecule has 1 heterocycles. The molecule has 0 radical (unpaired) electrons. The van der Waals surface area contributed by atoms with Gasteiger partial charge in [0.05, 0.1) is 7.11 Å². The van der Waals surface area contributed by atoms with Crippen LogP contribution in [0, 0.1) is 5.92 Å². The Morgan fingerprint density at radius 2 is 2.16 bits per heavy atom. The number of hydrogen-bond acceptors (Lipinski definition) is 2. The predicted octanol–water partition coefficient (Wildman–Crippen LogP) is 3.94. The Balaban J connectivity index is 1.88. The van der Waals surface area contributed by atoms with Crippen molar-refractivity contribution >= 4 is 16.7 Å². The van der Waals surface area contributed by atoms with Gasteiger partial charge in [0.2, 0.25) is 0 Å². The van der Waals surface area contributed by atoms with E-state index < -0.39 is 0 Å². The van der Waals surface area contributed by atoms with Gasteiger partial charge in [-0.25, -0.2) is 0 Å². The van der Waals surface area contributed by atoms with Gasteiger partial charge in [-0.2, -0.15) is 0 Å². The molecule has 0 amide bonds. The molecule has 19 heavy (non-hydrogen) atoms. The van der Waals surface area contributed by atoms with E-state index in [0.29, 0.717) is 12.3 Å². The molecule has 0 aliphatic heterocycles. The Kier molecular flexibility index (Phi) is 3.28. The van der Waals surface area contributed by atoms with Crippen molar-refractivity contribution < 1.29 is 9.53 Å². The number of rotatable bonds is 4. The van der Waals surface area contributed by atoms with Crippen molar-refractivity contribution in [1.82, 2.24) is 4.98 Å². The van der Waals surface area contributed by atoms with Crippen LogP contribution in [0.1, 0.15) is 42.5 Å². The number of hydrogen-bond donors (Lipinski definition) is 1. The number of methoxy groups -OCH3 is 1. The van der Waals surface area contributed by atoms with Gasteiger partial charge in [0, 0.05) is 29.1 Å². The minimum atomic E-state index is 0.256. The minimum absolute atomic E-state index is 0.256. The Morgan fingerprint density at radius 3 is 2.89 bits per heavy atom. The molecule has 1 aliphatic carbocycles. The first-order valence-electron chi connectivity index (χ1n) is 6.96. The van der Waals surface area contributed by atoms with Gasteiger partial charge < -0.3 is 9.72 Å². The fraction of sp³-hybridized carbons (Fsp3) is 0.438. The topological polar surface area (TPSA) is 42.1 Å². The van der Waals surface area contributed by atoms with E-state index in [9.17, 15) is 4.79 Å². The second kappa shape index (κ2) is 5.08. The molecule has 0 atom stereocenters. The zero-order valence-electron chi connectivity index (χ0n) is 11.2. The average molecular weight is 257 g/mol. The fourth-order valence-electron chi connectivity index (χ4n) is 3.04. The van der Waals surface area contributed by atoms with E-state index in [-0.39, 0.29) is 5.78 Å². The van der Waals surface area contributed by atoms with Crippen LogP contribution in [0.15, 0.2) is 24.4 Å². The van der Waals surface area contributed by atoms with Gasteiger partial charge >= 0.3 is 0 Å². The molecule has 1 N–H and O–H groups in total. The first-order chi connectivity index (χ1) is 9.28. The highest BCUT2D eigenvalue weighted by Crippen LogP contribution is 2.31. The van der Waals surface area contributed by atoms with Crippen LogP contribution in [-0.2, 0) is 0 Å². The van der Waals surface area contributed by atoms with Crippen LogP contribution in [0.4, 0.5) is 0 Å². The van der Waals surface area contributed by atoms with Crippen molar-refractivity contribution in [2.24, 2.45) is 5.92 Å². The van der Waals surface area contributed by atoms with Crippen LogP contribution in [-0.4, -0.2) is 17.9 Å². The minimum Gasteiger partial charge on any atom is -0.497 e. The maximum Gasteiger partial charge on any atom is 0.165 e. The van der Waals surface area contributed by atoms with E-state index in [4.69, 9.17) is 4.74 Å². The number of nitrogens with one attached hydrogen (secondary N) is 1. The number of ketones is 1. The summed E-state index contributed by atoms with van der Waals surface area (Å²) in [7, 11) is 1.65. The highest BCUT2D eigenvalue weighted by molar-refractivity contribution is 6.08. The maximum absolute atomic E-state index is 12.4. The Hall–Kier alpha value is -1.77. The lowest BCUT2D eigenvalue weighted by molar-refractivity contribution is 0.0964. The van der Waals surface area contributed by atoms with E-state index in [2.05, 4.69) is 4.98 Å². The molecule has 0 spiro atoms. The van der Waals surface area contributed by atoms with Crippen molar-refractivity contribution in [2.45, 2.75) is 32.1 Å². The molecule has 100 valence electrons. The van der Waals surface area contributed by atoms with E-state index in [1.54, 1.807) is 7.11 Å². The summed E-state index contributed by atoms with van der Waals surface area (Å²) in [4.78, 5) is 15.6.